The van der Waals surface area contributed by atoms with E-state index in [0.29, 0.717) is 19.0 Å². The Hall–Kier alpha value is -2.08. The highest BCUT2D eigenvalue weighted by molar-refractivity contribution is 7.20. The molecule has 1 fully saturated rings. The van der Waals surface area contributed by atoms with Gasteiger partial charge in [0.2, 0.25) is 0 Å². The van der Waals surface area contributed by atoms with Gasteiger partial charge in [0.1, 0.15) is 5.84 Å². The van der Waals surface area contributed by atoms with Crippen LogP contribution in [0.5, 0.6) is 0 Å². The van der Waals surface area contributed by atoms with E-state index in [0.717, 1.165) is 27.8 Å². The first kappa shape index (κ1) is 13.9. The van der Waals surface area contributed by atoms with Gasteiger partial charge >= 0.3 is 0 Å². The number of fused-ring (bicyclic) bond motifs is 1. The van der Waals surface area contributed by atoms with Crippen LogP contribution in [0.1, 0.15) is 28.9 Å². The van der Waals surface area contributed by atoms with E-state index in [1.165, 1.54) is 11.3 Å². The summed E-state index contributed by atoms with van der Waals surface area (Å²) in [5.74, 6) is 0.203. The summed E-state index contributed by atoms with van der Waals surface area (Å²) in [6, 6.07) is 10.2. The number of amidine groups is 1. The van der Waals surface area contributed by atoms with Crippen molar-refractivity contribution in [1.82, 2.24) is 4.90 Å². The molecule has 1 aliphatic carbocycles. The molecule has 3 N–H and O–H groups in total. The third kappa shape index (κ3) is 3.00. The number of benzene rings is 1. The fraction of sp³-hybridized carbons (Fsp3) is 0.333. The average Bonchev–Trinajstić information content (AvgIpc) is 3.24. The minimum Gasteiger partial charge on any atom is -0.409 e. The number of thiophene rings is 1. The molecule has 1 heterocycles. The van der Waals surface area contributed by atoms with Crippen LogP contribution < -0.4 is 5.73 Å². The Labute approximate surface area is 126 Å². The predicted molar refractivity (Wildman–Crippen MR) is 83.9 cm³/mol. The molecule has 1 aromatic heterocycles. The summed E-state index contributed by atoms with van der Waals surface area (Å²) in [6.45, 7) is 0.494. The lowest BCUT2D eigenvalue weighted by Crippen LogP contribution is -2.35. The summed E-state index contributed by atoms with van der Waals surface area (Å²) in [5, 5.41) is 12.7. The molecular formula is C15H17N3O2S. The Morgan fingerprint density at radius 1 is 1.43 bits per heavy atom. The number of amides is 1. The molecule has 1 amide bonds. The Bertz CT molecular complexity index is 658. The van der Waals surface area contributed by atoms with Gasteiger partial charge < -0.3 is 15.8 Å². The molecule has 1 aromatic carbocycles. The van der Waals surface area contributed by atoms with Crippen molar-refractivity contribution in [3.63, 3.8) is 0 Å². The van der Waals surface area contributed by atoms with Crippen LogP contribution in [0.4, 0.5) is 0 Å². The molecule has 6 heteroatoms. The van der Waals surface area contributed by atoms with Crippen LogP contribution in [0.3, 0.4) is 0 Å². The lowest BCUT2D eigenvalue weighted by atomic mass is 10.2. The summed E-state index contributed by atoms with van der Waals surface area (Å²) in [4.78, 5) is 15.3. The average molecular weight is 303 g/mol. The standard InChI is InChI=1S/C15H17N3O2S/c16-14(17-20)7-8-18(11-5-6-11)15(19)13-9-10-3-1-2-4-12(10)21-13/h1-4,9,11,20H,5-8H2,(H2,16,17). The van der Waals surface area contributed by atoms with Crippen LogP contribution >= 0.6 is 11.3 Å². The maximum absolute atomic E-state index is 12.7. The van der Waals surface area contributed by atoms with E-state index in [-0.39, 0.29) is 11.7 Å². The first-order valence-electron chi connectivity index (χ1n) is 6.95. The Kier molecular flexibility index (Phi) is 3.79. The summed E-state index contributed by atoms with van der Waals surface area (Å²) >= 11 is 1.52. The van der Waals surface area contributed by atoms with Gasteiger partial charge in [0.25, 0.3) is 5.91 Å². The molecule has 0 radical (unpaired) electrons. The zero-order chi connectivity index (χ0) is 14.8. The summed E-state index contributed by atoms with van der Waals surface area (Å²) < 4.78 is 1.12. The largest absolute Gasteiger partial charge is 0.409 e. The fourth-order valence-corrected chi connectivity index (χ4v) is 3.37. The van der Waals surface area contributed by atoms with Gasteiger partial charge in [-0.05, 0) is 30.4 Å². The van der Waals surface area contributed by atoms with Gasteiger partial charge in [0.15, 0.2) is 0 Å². The van der Waals surface area contributed by atoms with Crippen LogP contribution in [-0.4, -0.2) is 34.4 Å². The van der Waals surface area contributed by atoms with Gasteiger partial charge in [-0.3, -0.25) is 4.79 Å². The molecule has 0 bridgehead atoms. The van der Waals surface area contributed by atoms with Crippen molar-refractivity contribution in [2.45, 2.75) is 25.3 Å². The van der Waals surface area contributed by atoms with E-state index in [1.807, 2.05) is 35.2 Å². The third-order valence-electron chi connectivity index (χ3n) is 3.62. The minimum atomic E-state index is 0.0458. The molecular weight excluding hydrogens is 286 g/mol. The van der Waals surface area contributed by atoms with Crippen molar-refractivity contribution in [2.24, 2.45) is 10.9 Å². The van der Waals surface area contributed by atoms with Gasteiger partial charge in [0.05, 0.1) is 4.88 Å². The van der Waals surface area contributed by atoms with E-state index in [9.17, 15) is 4.79 Å². The molecule has 21 heavy (non-hydrogen) atoms. The van der Waals surface area contributed by atoms with Crippen LogP contribution in [-0.2, 0) is 0 Å². The number of hydrogen-bond acceptors (Lipinski definition) is 4. The maximum atomic E-state index is 12.7. The molecule has 110 valence electrons. The summed E-state index contributed by atoms with van der Waals surface area (Å²) in [7, 11) is 0. The molecule has 0 spiro atoms. The molecule has 1 saturated carbocycles. The Morgan fingerprint density at radius 2 is 2.19 bits per heavy atom. The van der Waals surface area contributed by atoms with Gasteiger partial charge in [-0.15, -0.1) is 11.3 Å². The smallest absolute Gasteiger partial charge is 0.264 e. The summed E-state index contributed by atoms with van der Waals surface area (Å²) in [5.41, 5.74) is 5.51. The van der Waals surface area contributed by atoms with E-state index in [1.54, 1.807) is 0 Å². The normalized spacial score (nSPS) is 15.3. The van der Waals surface area contributed by atoms with Gasteiger partial charge in [-0.2, -0.15) is 0 Å². The van der Waals surface area contributed by atoms with Crippen molar-refractivity contribution in [1.29, 1.82) is 0 Å². The Balaban J connectivity index is 1.80. The van der Waals surface area contributed by atoms with Crippen LogP contribution in [0.25, 0.3) is 10.1 Å². The second-order valence-electron chi connectivity index (χ2n) is 5.22. The first-order valence-corrected chi connectivity index (χ1v) is 7.76. The topological polar surface area (TPSA) is 78.9 Å². The number of carbonyl (C=O) groups excluding carboxylic acids is 1. The van der Waals surface area contributed by atoms with Gasteiger partial charge in [-0.25, -0.2) is 0 Å². The van der Waals surface area contributed by atoms with E-state index in [2.05, 4.69) is 5.16 Å². The first-order chi connectivity index (χ1) is 10.2. The lowest BCUT2D eigenvalue weighted by Gasteiger charge is -2.21. The molecule has 0 unspecified atom stereocenters. The highest BCUT2D eigenvalue weighted by atomic mass is 32.1. The number of nitrogens with two attached hydrogens (primary N) is 1. The van der Waals surface area contributed by atoms with Crippen molar-refractivity contribution >= 4 is 33.2 Å². The van der Waals surface area contributed by atoms with Crippen LogP contribution in [0.15, 0.2) is 35.5 Å². The lowest BCUT2D eigenvalue weighted by molar-refractivity contribution is 0.0752. The molecule has 0 atom stereocenters. The number of carbonyl (C=O) groups is 1. The number of oxime groups is 1. The van der Waals surface area contributed by atoms with Crippen LogP contribution in [0.2, 0.25) is 0 Å². The van der Waals surface area contributed by atoms with Crippen molar-refractivity contribution in [3.05, 3.63) is 35.2 Å². The number of nitrogens with zero attached hydrogens (tertiary/aromatic N) is 2. The maximum Gasteiger partial charge on any atom is 0.264 e. The Morgan fingerprint density at radius 3 is 2.86 bits per heavy atom. The molecule has 1 aliphatic rings. The number of rotatable bonds is 5. The molecule has 0 saturated heterocycles. The quantitative estimate of drug-likeness (QED) is 0.386. The van der Waals surface area contributed by atoms with Gasteiger partial charge in [0, 0.05) is 23.7 Å². The number of hydrogen-bond donors (Lipinski definition) is 2. The van der Waals surface area contributed by atoms with Crippen molar-refractivity contribution < 1.29 is 10.0 Å². The zero-order valence-electron chi connectivity index (χ0n) is 11.5. The van der Waals surface area contributed by atoms with Crippen molar-refractivity contribution in [2.75, 3.05) is 6.54 Å². The van der Waals surface area contributed by atoms with E-state index >= 15 is 0 Å². The monoisotopic (exact) mass is 303 g/mol. The highest BCUT2D eigenvalue weighted by Crippen LogP contribution is 2.32. The third-order valence-corrected chi connectivity index (χ3v) is 4.73. The van der Waals surface area contributed by atoms with Crippen molar-refractivity contribution in [3.8, 4) is 0 Å². The zero-order valence-corrected chi connectivity index (χ0v) is 12.3. The highest BCUT2D eigenvalue weighted by Gasteiger charge is 2.33. The molecule has 0 aliphatic heterocycles. The van der Waals surface area contributed by atoms with Gasteiger partial charge in [-0.1, -0.05) is 23.4 Å². The van der Waals surface area contributed by atoms with E-state index in [4.69, 9.17) is 10.9 Å². The SMILES string of the molecule is NC(CCN(C(=O)c1cc2ccccc2s1)C1CC1)=NO. The molecule has 5 nitrogen and oxygen atoms in total. The second kappa shape index (κ2) is 5.73. The minimum absolute atomic E-state index is 0.0458. The summed E-state index contributed by atoms with van der Waals surface area (Å²) in [6.07, 6.45) is 2.46. The molecule has 3 rings (SSSR count). The molecule has 2 aromatic rings. The van der Waals surface area contributed by atoms with Crippen LogP contribution in [0, 0.1) is 0 Å². The predicted octanol–water partition coefficient (Wildman–Crippen LogP) is 2.64. The second-order valence-corrected chi connectivity index (χ2v) is 6.30. The fourth-order valence-electron chi connectivity index (χ4n) is 2.35. The van der Waals surface area contributed by atoms with E-state index < -0.39 is 0 Å².